The first kappa shape index (κ1) is 10.0. The van der Waals surface area contributed by atoms with Crippen molar-refractivity contribution < 1.29 is 4.79 Å². The molecule has 0 spiro atoms. The minimum atomic E-state index is 0.00990. The number of pyridine rings is 1. The highest BCUT2D eigenvalue weighted by molar-refractivity contribution is 9.10. The van der Waals surface area contributed by atoms with Crippen LogP contribution >= 0.6 is 15.9 Å². The molecule has 0 fully saturated rings. The van der Waals surface area contributed by atoms with Gasteiger partial charge in [0.2, 0.25) is 0 Å². The van der Waals surface area contributed by atoms with Gasteiger partial charge < -0.3 is 0 Å². The maximum atomic E-state index is 11.0. The van der Waals surface area contributed by atoms with E-state index < -0.39 is 0 Å². The zero-order chi connectivity index (χ0) is 10.8. The summed E-state index contributed by atoms with van der Waals surface area (Å²) in [4.78, 5) is 15.2. The lowest BCUT2D eigenvalue weighted by molar-refractivity contribution is 0.101. The van der Waals surface area contributed by atoms with Crippen LogP contribution in [-0.4, -0.2) is 20.5 Å². The van der Waals surface area contributed by atoms with Crippen molar-refractivity contribution in [2.45, 2.75) is 6.92 Å². The van der Waals surface area contributed by atoms with Gasteiger partial charge in [-0.2, -0.15) is 5.10 Å². The van der Waals surface area contributed by atoms with Crippen LogP contribution in [0.3, 0.4) is 0 Å². The van der Waals surface area contributed by atoms with Gasteiger partial charge in [-0.25, -0.2) is 9.67 Å². The van der Waals surface area contributed by atoms with Crippen molar-refractivity contribution in [2.75, 3.05) is 0 Å². The van der Waals surface area contributed by atoms with Crippen LogP contribution in [0.5, 0.6) is 0 Å². The fourth-order valence-electron chi connectivity index (χ4n) is 1.16. The topological polar surface area (TPSA) is 47.8 Å². The van der Waals surface area contributed by atoms with Crippen molar-refractivity contribution in [3.8, 4) is 5.82 Å². The van der Waals surface area contributed by atoms with Crippen molar-refractivity contribution in [1.82, 2.24) is 14.8 Å². The molecule has 0 aliphatic heterocycles. The second kappa shape index (κ2) is 3.94. The van der Waals surface area contributed by atoms with E-state index in [-0.39, 0.29) is 5.78 Å². The van der Waals surface area contributed by atoms with Gasteiger partial charge in [-0.15, -0.1) is 0 Å². The predicted octanol–water partition coefficient (Wildman–Crippen LogP) is 2.23. The van der Waals surface area contributed by atoms with Crippen LogP contribution in [-0.2, 0) is 0 Å². The van der Waals surface area contributed by atoms with Gasteiger partial charge in [-0.05, 0) is 35.0 Å². The molecule has 4 nitrogen and oxygen atoms in total. The lowest BCUT2D eigenvalue weighted by atomic mass is 10.2. The highest BCUT2D eigenvalue weighted by Gasteiger charge is 2.02. The quantitative estimate of drug-likeness (QED) is 0.783. The number of ketones is 1. The number of Topliss-reactive ketones (excluding diaryl/α,β-unsaturated/α-hetero) is 1. The van der Waals surface area contributed by atoms with Crippen LogP contribution in [0.4, 0.5) is 0 Å². The first-order valence-corrected chi connectivity index (χ1v) is 5.13. The molecule has 2 aromatic rings. The van der Waals surface area contributed by atoms with Gasteiger partial charge in [0.05, 0.1) is 10.7 Å². The van der Waals surface area contributed by atoms with E-state index in [0.717, 1.165) is 4.47 Å². The molecule has 0 radical (unpaired) electrons. The number of carbonyl (C=O) groups excluding carboxylic acids is 1. The maximum Gasteiger partial charge on any atom is 0.161 e. The molecule has 15 heavy (non-hydrogen) atoms. The summed E-state index contributed by atoms with van der Waals surface area (Å²) in [5.74, 6) is 0.696. The molecule has 2 heterocycles. The van der Waals surface area contributed by atoms with Gasteiger partial charge in [-0.1, -0.05) is 0 Å². The first-order valence-electron chi connectivity index (χ1n) is 4.34. The lowest BCUT2D eigenvalue weighted by Crippen LogP contribution is -2.00. The molecule has 0 aliphatic rings. The zero-order valence-corrected chi connectivity index (χ0v) is 9.60. The summed E-state index contributed by atoms with van der Waals surface area (Å²) in [6, 6.07) is 3.50. The Hall–Kier alpha value is -1.49. The number of halogens is 1. The summed E-state index contributed by atoms with van der Waals surface area (Å²) in [6.45, 7) is 1.52. The third-order valence-corrected chi connectivity index (χ3v) is 2.35. The number of carbonyl (C=O) groups is 1. The summed E-state index contributed by atoms with van der Waals surface area (Å²) in [6.07, 6.45) is 5.03. The molecule has 0 amide bonds. The summed E-state index contributed by atoms with van der Waals surface area (Å²) in [7, 11) is 0. The van der Waals surface area contributed by atoms with E-state index in [1.54, 1.807) is 35.4 Å². The van der Waals surface area contributed by atoms with Gasteiger partial charge in [0, 0.05) is 18.0 Å². The number of aromatic nitrogens is 3. The predicted molar refractivity (Wildman–Crippen MR) is 59.1 cm³/mol. The third-order valence-electron chi connectivity index (χ3n) is 1.94. The van der Waals surface area contributed by atoms with Crippen LogP contribution in [0.2, 0.25) is 0 Å². The molecular weight excluding hydrogens is 258 g/mol. The lowest BCUT2D eigenvalue weighted by Gasteiger charge is -2.00. The molecule has 0 aliphatic carbocycles. The molecule has 5 heteroatoms. The molecular formula is C10H8BrN3O. The van der Waals surface area contributed by atoms with Gasteiger partial charge in [-0.3, -0.25) is 4.79 Å². The number of nitrogens with zero attached hydrogens (tertiary/aromatic N) is 3. The van der Waals surface area contributed by atoms with Crippen molar-refractivity contribution >= 4 is 21.7 Å². The van der Waals surface area contributed by atoms with Crippen molar-refractivity contribution in [3.05, 3.63) is 40.8 Å². The molecule has 0 unspecified atom stereocenters. The number of hydrogen-bond acceptors (Lipinski definition) is 3. The smallest absolute Gasteiger partial charge is 0.161 e. The van der Waals surface area contributed by atoms with E-state index in [2.05, 4.69) is 26.0 Å². The summed E-state index contributed by atoms with van der Waals surface area (Å²) >= 11 is 3.30. The molecule has 0 saturated carbocycles. The SMILES string of the molecule is CC(=O)c1ccc(-n2cc(Br)cn2)nc1. The Kier molecular flexibility index (Phi) is 2.64. The number of hydrogen-bond donors (Lipinski definition) is 0. The Morgan fingerprint density at radius 1 is 1.40 bits per heavy atom. The van der Waals surface area contributed by atoms with E-state index >= 15 is 0 Å². The Morgan fingerprint density at radius 3 is 2.67 bits per heavy atom. The second-order valence-electron chi connectivity index (χ2n) is 3.06. The van der Waals surface area contributed by atoms with Crippen molar-refractivity contribution in [1.29, 1.82) is 0 Å². The minimum Gasteiger partial charge on any atom is -0.294 e. The largest absolute Gasteiger partial charge is 0.294 e. The highest BCUT2D eigenvalue weighted by Crippen LogP contribution is 2.11. The van der Waals surface area contributed by atoms with Gasteiger partial charge in [0.1, 0.15) is 0 Å². The Labute approximate surface area is 95.1 Å². The molecule has 0 N–H and O–H groups in total. The summed E-state index contributed by atoms with van der Waals surface area (Å²) < 4.78 is 2.52. The fraction of sp³-hybridized carbons (Fsp3) is 0.100. The van der Waals surface area contributed by atoms with Gasteiger partial charge >= 0.3 is 0 Å². The molecule has 76 valence electrons. The zero-order valence-electron chi connectivity index (χ0n) is 8.01. The van der Waals surface area contributed by atoms with E-state index in [4.69, 9.17) is 0 Å². The average molecular weight is 266 g/mol. The second-order valence-corrected chi connectivity index (χ2v) is 3.98. The van der Waals surface area contributed by atoms with Crippen LogP contribution in [0.1, 0.15) is 17.3 Å². The summed E-state index contributed by atoms with van der Waals surface area (Å²) in [5, 5.41) is 4.08. The van der Waals surface area contributed by atoms with Crippen molar-refractivity contribution in [2.24, 2.45) is 0 Å². The first-order chi connectivity index (χ1) is 7.16. The molecule has 0 atom stereocenters. The summed E-state index contributed by atoms with van der Waals surface area (Å²) in [5.41, 5.74) is 0.602. The molecule has 2 aromatic heterocycles. The van der Waals surface area contributed by atoms with E-state index in [1.807, 2.05) is 0 Å². The van der Waals surface area contributed by atoms with E-state index in [1.165, 1.54) is 6.92 Å². The van der Waals surface area contributed by atoms with Crippen LogP contribution in [0.15, 0.2) is 35.2 Å². The molecule has 0 bridgehead atoms. The average Bonchev–Trinajstić information content (AvgIpc) is 2.65. The van der Waals surface area contributed by atoms with Crippen molar-refractivity contribution in [3.63, 3.8) is 0 Å². The van der Waals surface area contributed by atoms with Crippen LogP contribution in [0, 0.1) is 0 Å². The highest BCUT2D eigenvalue weighted by atomic mass is 79.9. The molecule has 0 aromatic carbocycles. The maximum absolute atomic E-state index is 11.0. The van der Waals surface area contributed by atoms with E-state index in [0.29, 0.717) is 11.4 Å². The van der Waals surface area contributed by atoms with Crippen LogP contribution in [0.25, 0.3) is 5.82 Å². The monoisotopic (exact) mass is 265 g/mol. The molecule has 2 rings (SSSR count). The Bertz CT molecular complexity index is 490. The van der Waals surface area contributed by atoms with E-state index in [9.17, 15) is 4.79 Å². The standard InChI is InChI=1S/C10H8BrN3O/c1-7(15)8-2-3-10(12-4-8)14-6-9(11)5-13-14/h2-6H,1H3. The van der Waals surface area contributed by atoms with Gasteiger partial charge in [0.25, 0.3) is 0 Å². The molecule has 0 saturated heterocycles. The van der Waals surface area contributed by atoms with Crippen LogP contribution < -0.4 is 0 Å². The third kappa shape index (κ3) is 2.12. The fourth-order valence-corrected chi connectivity index (χ4v) is 1.44. The Morgan fingerprint density at radius 2 is 2.20 bits per heavy atom. The minimum absolute atomic E-state index is 0.00990. The number of rotatable bonds is 2. The normalized spacial score (nSPS) is 10.3. The van der Waals surface area contributed by atoms with Gasteiger partial charge in [0.15, 0.2) is 11.6 Å². The Balaban J connectivity index is 2.35.